The van der Waals surface area contributed by atoms with Gasteiger partial charge in [-0.2, -0.15) is 0 Å². The second-order valence-electron chi connectivity index (χ2n) is 4.60. The molecule has 1 aromatic carbocycles. The van der Waals surface area contributed by atoms with E-state index in [0.29, 0.717) is 0 Å². The van der Waals surface area contributed by atoms with Gasteiger partial charge in [-0.15, -0.1) is 0 Å². The Bertz CT molecular complexity index is 653. The highest BCUT2D eigenvalue weighted by Gasteiger charge is 2.53. The highest BCUT2D eigenvalue weighted by Crippen LogP contribution is 2.24. The van der Waals surface area contributed by atoms with Gasteiger partial charge in [-0.05, 0) is 6.07 Å². The molecule has 11 heteroatoms. The lowest BCUT2D eigenvalue weighted by Crippen LogP contribution is -2.52. The summed E-state index contributed by atoms with van der Waals surface area (Å²) in [5, 5.41) is 0. The number of hydrogen-bond acceptors (Lipinski definition) is 6. The van der Waals surface area contributed by atoms with E-state index in [2.05, 4.69) is 0 Å². The minimum Gasteiger partial charge on any atom is -0.455 e. The molecular weight excluding hydrogens is 356 g/mol. The molecule has 0 fully saturated rings. The molecule has 6 nitrogen and oxygen atoms in total. The van der Waals surface area contributed by atoms with Gasteiger partial charge in [0.25, 0.3) is 17.9 Å². The smallest absolute Gasteiger partial charge is 0.455 e. The lowest BCUT2D eigenvalue weighted by atomic mass is 10.2. The fraction of sp³-hybridized carbons (Fsp3) is 0.308. The monoisotopic (exact) mass is 368 g/mol. The van der Waals surface area contributed by atoms with Crippen LogP contribution in [-0.4, -0.2) is 26.7 Å². The second kappa shape index (κ2) is 7.42. The van der Waals surface area contributed by atoms with E-state index in [1.54, 1.807) is 0 Å². The van der Waals surface area contributed by atoms with E-state index in [4.69, 9.17) is 13.3 Å². The third kappa shape index (κ3) is 4.78. The second-order valence-corrected chi connectivity index (χ2v) is 6.93. The molecule has 0 saturated heterocycles. The summed E-state index contributed by atoms with van der Waals surface area (Å²) < 4.78 is 67.6. The predicted octanol–water partition coefficient (Wildman–Crippen LogP) is 1.95. The molecule has 0 aromatic heterocycles. The largest absolute Gasteiger partial charge is 0.709 e. The normalized spacial score (nSPS) is 11.0. The van der Waals surface area contributed by atoms with E-state index in [9.17, 15) is 31.9 Å². The van der Waals surface area contributed by atoms with Crippen molar-refractivity contribution in [3.05, 3.63) is 34.9 Å². The fourth-order valence-corrected chi connectivity index (χ4v) is 4.19. The molecule has 0 heterocycles. The molecule has 0 aliphatic carbocycles. The molecule has 0 saturated carbocycles. The first kappa shape index (κ1) is 19.6. The third-order valence-corrected chi connectivity index (χ3v) is 5.09. The molecule has 1 aromatic rings. The van der Waals surface area contributed by atoms with Gasteiger partial charge in [0.15, 0.2) is 23.3 Å². The van der Waals surface area contributed by atoms with Crippen LogP contribution in [-0.2, 0) is 33.7 Å². The Morgan fingerprint density at radius 2 is 1.25 bits per heavy atom. The lowest BCUT2D eigenvalue weighted by Gasteiger charge is -2.26. The predicted molar refractivity (Wildman–Crippen MR) is 71.0 cm³/mol. The highest BCUT2D eigenvalue weighted by molar-refractivity contribution is 6.65. The molecule has 0 spiro atoms. The summed E-state index contributed by atoms with van der Waals surface area (Å²) in [5.74, 6) is -10.8. The van der Waals surface area contributed by atoms with Gasteiger partial charge in [0.1, 0.15) is 0 Å². The van der Waals surface area contributed by atoms with Crippen molar-refractivity contribution in [3.8, 4) is 0 Å². The first-order valence-electron chi connectivity index (χ1n) is 6.38. The van der Waals surface area contributed by atoms with Crippen LogP contribution in [0, 0.1) is 23.3 Å². The summed E-state index contributed by atoms with van der Waals surface area (Å²) in [6, 6.07) is -0.683. The van der Waals surface area contributed by atoms with E-state index in [0.717, 1.165) is 20.8 Å². The first-order chi connectivity index (χ1) is 11.0. The van der Waals surface area contributed by atoms with Crippen molar-refractivity contribution < 1.29 is 45.2 Å². The van der Waals surface area contributed by atoms with Gasteiger partial charge in [0.2, 0.25) is 0 Å². The number of hydrogen-bond donors (Lipinski definition) is 0. The van der Waals surface area contributed by atoms with Gasteiger partial charge in [0, 0.05) is 26.3 Å². The Morgan fingerprint density at radius 1 is 0.833 bits per heavy atom. The van der Waals surface area contributed by atoms with Crippen molar-refractivity contribution in [2.45, 2.75) is 26.8 Å². The SMILES string of the molecule is CC(=O)O[Si](Cc1cc(F)c(F)c(F)c1F)(OC(C)=O)OC(C)=O. The summed E-state index contributed by atoms with van der Waals surface area (Å²) in [5.41, 5.74) is -0.832. The zero-order chi connectivity index (χ0) is 18.7. The highest BCUT2D eigenvalue weighted by atomic mass is 28.4. The third-order valence-electron chi connectivity index (χ3n) is 2.48. The molecule has 132 valence electrons. The van der Waals surface area contributed by atoms with Crippen LogP contribution >= 0.6 is 0 Å². The molecule has 24 heavy (non-hydrogen) atoms. The molecule has 0 radical (unpaired) electrons. The van der Waals surface area contributed by atoms with Crippen LogP contribution in [0.25, 0.3) is 0 Å². The molecular formula is C13H12F4O6Si. The number of benzene rings is 1. The van der Waals surface area contributed by atoms with Gasteiger partial charge in [0.05, 0.1) is 6.04 Å². The molecule has 0 atom stereocenters. The van der Waals surface area contributed by atoms with Gasteiger partial charge < -0.3 is 13.3 Å². The summed E-state index contributed by atoms with van der Waals surface area (Å²) >= 11 is 0. The fourth-order valence-electron chi connectivity index (χ4n) is 1.81. The minimum absolute atomic E-state index is 0.284. The Kier molecular flexibility index (Phi) is 6.07. The summed E-state index contributed by atoms with van der Waals surface area (Å²) in [6.07, 6.45) is 0. The van der Waals surface area contributed by atoms with E-state index < -0.39 is 61.6 Å². The van der Waals surface area contributed by atoms with Crippen LogP contribution in [0.1, 0.15) is 26.3 Å². The molecule has 1 rings (SSSR count). The van der Waals surface area contributed by atoms with E-state index >= 15 is 0 Å². The Morgan fingerprint density at radius 3 is 1.62 bits per heavy atom. The van der Waals surface area contributed by atoms with Crippen LogP contribution in [0.3, 0.4) is 0 Å². The lowest BCUT2D eigenvalue weighted by molar-refractivity contribution is -0.147. The first-order valence-corrected chi connectivity index (χ1v) is 8.31. The van der Waals surface area contributed by atoms with Gasteiger partial charge in [-0.1, -0.05) is 0 Å². The quantitative estimate of drug-likeness (QED) is 0.342. The van der Waals surface area contributed by atoms with Gasteiger partial charge in [-0.3, -0.25) is 14.4 Å². The van der Waals surface area contributed by atoms with Crippen molar-refractivity contribution in [3.63, 3.8) is 0 Å². The summed E-state index contributed by atoms with van der Waals surface area (Å²) in [7, 11) is -4.56. The summed E-state index contributed by atoms with van der Waals surface area (Å²) in [4.78, 5) is 33.6. The van der Waals surface area contributed by atoms with Crippen LogP contribution in [0.15, 0.2) is 6.07 Å². The molecule has 0 unspecified atom stereocenters. The Balaban J connectivity index is 3.41. The number of rotatable bonds is 5. The zero-order valence-electron chi connectivity index (χ0n) is 12.7. The van der Waals surface area contributed by atoms with Crippen molar-refractivity contribution in [1.29, 1.82) is 0 Å². The van der Waals surface area contributed by atoms with Crippen molar-refractivity contribution >= 4 is 26.7 Å². The Labute approximate surface area is 134 Å². The van der Waals surface area contributed by atoms with Crippen molar-refractivity contribution in [2.24, 2.45) is 0 Å². The van der Waals surface area contributed by atoms with E-state index in [1.807, 2.05) is 0 Å². The van der Waals surface area contributed by atoms with Gasteiger partial charge >= 0.3 is 8.80 Å². The van der Waals surface area contributed by atoms with Gasteiger partial charge in [-0.25, -0.2) is 17.6 Å². The number of carbonyl (C=O) groups excluding carboxylic acids is 3. The molecule has 0 aliphatic heterocycles. The molecule has 0 bridgehead atoms. The topological polar surface area (TPSA) is 78.9 Å². The van der Waals surface area contributed by atoms with E-state index in [-0.39, 0.29) is 6.07 Å². The van der Waals surface area contributed by atoms with Crippen molar-refractivity contribution in [2.75, 3.05) is 0 Å². The van der Waals surface area contributed by atoms with Crippen LogP contribution < -0.4 is 0 Å². The number of halogens is 4. The molecule has 0 aliphatic rings. The number of carbonyl (C=O) groups is 3. The minimum atomic E-state index is -4.56. The maximum absolute atomic E-state index is 13.8. The average molecular weight is 368 g/mol. The summed E-state index contributed by atoms with van der Waals surface area (Å²) in [6.45, 7) is 2.66. The maximum Gasteiger partial charge on any atom is 0.709 e. The van der Waals surface area contributed by atoms with Crippen LogP contribution in [0.2, 0.25) is 0 Å². The van der Waals surface area contributed by atoms with Crippen LogP contribution in [0.4, 0.5) is 17.6 Å². The van der Waals surface area contributed by atoms with E-state index in [1.165, 1.54) is 0 Å². The van der Waals surface area contributed by atoms with Crippen molar-refractivity contribution in [1.82, 2.24) is 0 Å². The Hall–Kier alpha value is -2.43. The molecule has 0 N–H and O–H groups in total. The van der Waals surface area contributed by atoms with Crippen LogP contribution in [0.5, 0.6) is 0 Å². The standard InChI is InChI=1S/C13H12F4O6Si/c1-6(18)21-24(22-7(2)19,23-8(3)20)5-9-4-10(14)12(16)13(17)11(9)15/h4H,5H2,1-3H3. The maximum atomic E-state index is 13.8. The molecule has 0 amide bonds. The average Bonchev–Trinajstić information content (AvgIpc) is 2.39. The zero-order valence-corrected chi connectivity index (χ0v) is 13.7.